The van der Waals surface area contributed by atoms with Gasteiger partial charge in [0.05, 0.1) is 0 Å². The Morgan fingerprint density at radius 1 is 1.13 bits per heavy atom. The van der Waals surface area contributed by atoms with Crippen molar-refractivity contribution in [3.05, 3.63) is 52.6 Å². The van der Waals surface area contributed by atoms with Crippen molar-refractivity contribution in [2.75, 3.05) is 0 Å². The molecule has 0 saturated heterocycles. The Hall–Kier alpha value is -1.44. The van der Waals surface area contributed by atoms with Crippen molar-refractivity contribution in [3.63, 3.8) is 0 Å². The summed E-state index contributed by atoms with van der Waals surface area (Å²) in [5, 5.41) is 0. The van der Waals surface area contributed by atoms with E-state index in [1.54, 1.807) is 0 Å². The molecule has 15 heavy (non-hydrogen) atoms. The van der Waals surface area contributed by atoms with Gasteiger partial charge in [-0.15, -0.1) is 0 Å². The standard InChI is InChI=1S/C13H12F2/c1-8-5-10(6-9(8)2)12-4-3-11(14)7-13(12)15/h3-5,7H,6H2,1-2H3. The topological polar surface area (TPSA) is 0 Å². The van der Waals surface area contributed by atoms with Gasteiger partial charge in [0.2, 0.25) is 0 Å². The molecular formula is C13H12F2. The minimum Gasteiger partial charge on any atom is -0.207 e. The van der Waals surface area contributed by atoms with E-state index in [0.717, 1.165) is 18.1 Å². The molecule has 1 aromatic carbocycles. The zero-order valence-corrected chi connectivity index (χ0v) is 8.77. The monoisotopic (exact) mass is 206 g/mol. The van der Waals surface area contributed by atoms with E-state index in [1.807, 2.05) is 19.9 Å². The SMILES string of the molecule is CC1=C(C)CC(c2ccc(F)cc2F)=C1. The van der Waals surface area contributed by atoms with Crippen molar-refractivity contribution in [1.29, 1.82) is 0 Å². The molecule has 0 aliphatic heterocycles. The molecule has 0 radical (unpaired) electrons. The summed E-state index contributed by atoms with van der Waals surface area (Å²) in [6, 6.07) is 3.73. The lowest BCUT2D eigenvalue weighted by atomic mass is 10.0. The maximum atomic E-state index is 13.5. The van der Waals surface area contributed by atoms with Crippen LogP contribution in [0.25, 0.3) is 5.57 Å². The number of benzene rings is 1. The minimum absolute atomic E-state index is 0.483. The highest BCUT2D eigenvalue weighted by atomic mass is 19.1. The minimum atomic E-state index is -0.531. The molecule has 0 bridgehead atoms. The molecule has 1 aliphatic carbocycles. The summed E-state index contributed by atoms with van der Waals surface area (Å²) < 4.78 is 26.2. The molecule has 1 aliphatic rings. The average molecular weight is 206 g/mol. The van der Waals surface area contributed by atoms with Gasteiger partial charge in [0.15, 0.2) is 0 Å². The third kappa shape index (κ3) is 1.84. The molecule has 0 nitrogen and oxygen atoms in total. The Kier molecular flexibility index (Phi) is 2.43. The maximum Gasteiger partial charge on any atom is 0.133 e. The number of allylic oxidation sites excluding steroid dienone is 4. The van der Waals surface area contributed by atoms with Gasteiger partial charge < -0.3 is 0 Å². The van der Waals surface area contributed by atoms with Crippen LogP contribution in [0.15, 0.2) is 35.4 Å². The summed E-state index contributed by atoms with van der Waals surface area (Å²) in [4.78, 5) is 0. The number of hydrogen-bond acceptors (Lipinski definition) is 0. The van der Waals surface area contributed by atoms with E-state index in [1.165, 1.54) is 23.3 Å². The van der Waals surface area contributed by atoms with E-state index in [4.69, 9.17) is 0 Å². The van der Waals surface area contributed by atoms with Gasteiger partial charge in [-0.05, 0) is 38.0 Å². The van der Waals surface area contributed by atoms with Crippen molar-refractivity contribution >= 4 is 5.57 Å². The van der Waals surface area contributed by atoms with E-state index in [9.17, 15) is 8.78 Å². The summed E-state index contributed by atoms with van der Waals surface area (Å²) in [7, 11) is 0. The first-order valence-corrected chi connectivity index (χ1v) is 4.90. The van der Waals surface area contributed by atoms with Crippen molar-refractivity contribution in [3.8, 4) is 0 Å². The maximum absolute atomic E-state index is 13.5. The van der Waals surface area contributed by atoms with Crippen LogP contribution in [0.3, 0.4) is 0 Å². The first kappa shape index (κ1) is 10.1. The molecule has 0 heterocycles. The van der Waals surface area contributed by atoms with Crippen LogP contribution < -0.4 is 0 Å². The largest absolute Gasteiger partial charge is 0.207 e. The van der Waals surface area contributed by atoms with E-state index < -0.39 is 11.6 Å². The second-order valence-electron chi connectivity index (χ2n) is 3.93. The summed E-state index contributed by atoms with van der Waals surface area (Å²) in [5.41, 5.74) is 3.86. The molecule has 1 aromatic rings. The van der Waals surface area contributed by atoms with E-state index in [2.05, 4.69) is 0 Å². The summed E-state index contributed by atoms with van der Waals surface area (Å²) >= 11 is 0. The Balaban J connectivity index is 2.38. The first-order chi connectivity index (χ1) is 7.08. The normalized spacial score (nSPS) is 15.9. The van der Waals surface area contributed by atoms with E-state index >= 15 is 0 Å². The lowest BCUT2D eigenvalue weighted by Gasteiger charge is -2.04. The number of halogens is 2. The van der Waals surface area contributed by atoms with Crippen LogP contribution in [0.1, 0.15) is 25.8 Å². The fourth-order valence-electron chi connectivity index (χ4n) is 1.78. The van der Waals surface area contributed by atoms with Crippen LogP contribution in [0.2, 0.25) is 0 Å². The van der Waals surface area contributed by atoms with Crippen LogP contribution in [-0.2, 0) is 0 Å². The molecule has 0 saturated carbocycles. The van der Waals surface area contributed by atoms with Crippen molar-refractivity contribution in [2.24, 2.45) is 0 Å². The van der Waals surface area contributed by atoms with Gasteiger partial charge >= 0.3 is 0 Å². The Morgan fingerprint density at radius 3 is 2.40 bits per heavy atom. The third-order valence-electron chi connectivity index (χ3n) is 2.80. The van der Waals surface area contributed by atoms with Gasteiger partial charge in [0.25, 0.3) is 0 Å². The molecule has 0 atom stereocenters. The smallest absolute Gasteiger partial charge is 0.133 e. The Bertz CT molecular complexity index is 467. The highest BCUT2D eigenvalue weighted by Gasteiger charge is 2.14. The molecule has 0 spiro atoms. The molecular weight excluding hydrogens is 194 g/mol. The fraction of sp³-hybridized carbons (Fsp3) is 0.231. The number of hydrogen-bond donors (Lipinski definition) is 0. The van der Waals surface area contributed by atoms with Gasteiger partial charge in [-0.25, -0.2) is 8.78 Å². The zero-order chi connectivity index (χ0) is 11.0. The van der Waals surface area contributed by atoms with Crippen LogP contribution in [-0.4, -0.2) is 0 Å². The van der Waals surface area contributed by atoms with Crippen LogP contribution >= 0.6 is 0 Å². The van der Waals surface area contributed by atoms with Crippen molar-refractivity contribution < 1.29 is 8.78 Å². The van der Waals surface area contributed by atoms with E-state index in [-0.39, 0.29) is 0 Å². The first-order valence-electron chi connectivity index (χ1n) is 4.90. The highest BCUT2D eigenvalue weighted by Crippen LogP contribution is 2.33. The predicted octanol–water partition coefficient (Wildman–Crippen LogP) is 4.09. The molecule has 0 N–H and O–H groups in total. The molecule has 0 fully saturated rings. The molecule has 2 heteroatoms. The van der Waals surface area contributed by atoms with Gasteiger partial charge in [0.1, 0.15) is 11.6 Å². The number of rotatable bonds is 1. The van der Waals surface area contributed by atoms with Crippen LogP contribution in [0, 0.1) is 11.6 Å². The molecule has 0 aromatic heterocycles. The average Bonchev–Trinajstić information content (AvgIpc) is 2.46. The molecule has 2 rings (SSSR count). The summed E-state index contributed by atoms with van der Waals surface area (Å²) in [6.45, 7) is 4.03. The van der Waals surface area contributed by atoms with Crippen molar-refractivity contribution in [1.82, 2.24) is 0 Å². The molecule has 0 unspecified atom stereocenters. The third-order valence-corrected chi connectivity index (χ3v) is 2.80. The second-order valence-corrected chi connectivity index (χ2v) is 3.93. The Morgan fingerprint density at radius 2 is 1.87 bits per heavy atom. The lowest BCUT2D eigenvalue weighted by molar-refractivity contribution is 0.580. The Labute approximate surface area is 87.9 Å². The highest BCUT2D eigenvalue weighted by molar-refractivity contribution is 5.74. The second kappa shape index (κ2) is 3.61. The van der Waals surface area contributed by atoms with Gasteiger partial charge in [-0.2, -0.15) is 0 Å². The van der Waals surface area contributed by atoms with Crippen molar-refractivity contribution in [2.45, 2.75) is 20.3 Å². The van der Waals surface area contributed by atoms with E-state index in [0.29, 0.717) is 5.56 Å². The zero-order valence-electron chi connectivity index (χ0n) is 8.77. The van der Waals surface area contributed by atoms with Crippen LogP contribution in [0.4, 0.5) is 8.78 Å². The van der Waals surface area contributed by atoms with Crippen LogP contribution in [0.5, 0.6) is 0 Å². The molecule has 0 amide bonds. The van der Waals surface area contributed by atoms with Gasteiger partial charge in [-0.1, -0.05) is 17.2 Å². The van der Waals surface area contributed by atoms with Gasteiger partial charge in [0, 0.05) is 11.6 Å². The molecule has 78 valence electrons. The summed E-state index contributed by atoms with van der Waals surface area (Å²) in [5.74, 6) is -1.01. The fourth-order valence-corrected chi connectivity index (χ4v) is 1.78. The summed E-state index contributed by atoms with van der Waals surface area (Å²) in [6.07, 6.45) is 2.72. The van der Waals surface area contributed by atoms with Gasteiger partial charge in [-0.3, -0.25) is 0 Å². The predicted molar refractivity (Wildman–Crippen MR) is 57.3 cm³/mol. The lowest BCUT2D eigenvalue weighted by Crippen LogP contribution is -1.89. The quantitative estimate of drug-likeness (QED) is 0.649.